The van der Waals surface area contributed by atoms with Gasteiger partial charge in [0.15, 0.2) is 14.0 Å². The minimum absolute atomic E-state index is 0.00490. The van der Waals surface area contributed by atoms with Crippen LogP contribution in [0.2, 0.25) is 28.2 Å². The molecule has 0 bridgehead atoms. The summed E-state index contributed by atoms with van der Waals surface area (Å²) in [6.45, 7) is 11.0. The van der Waals surface area contributed by atoms with E-state index in [9.17, 15) is 39.5 Å². The highest BCUT2D eigenvalue weighted by molar-refractivity contribution is 6.74. The molecule has 0 aliphatic carbocycles. The Morgan fingerprint density at radius 1 is 0.907 bits per heavy atom. The fraction of sp³-hybridized carbons (Fsp3) is 0.600. The quantitative estimate of drug-likeness (QED) is 0.155. The van der Waals surface area contributed by atoms with Crippen molar-refractivity contribution in [1.82, 2.24) is 10.7 Å². The number of rotatable bonds is 9. The Bertz CT molecular complexity index is 1280. The van der Waals surface area contributed by atoms with E-state index in [0.29, 0.717) is 38.0 Å². The zero-order valence-corrected chi connectivity index (χ0v) is 26.2. The Morgan fingerprint density at radius 2 is 1.49 bits per heavy atom. The Kier molecular flexibility index (Phi) is 10.2. The number of hydrazine groups is 1. The van der Waals surface area contributed by atoms with Gasteiger partial charge in [0, 0.05) is 13.2 Å². The molecular formula is C25H30Cl2F9N5OSi. The molecular weight excluding hydrogens is 656 g/mol. The number of alkyl halides is 9. The number of aliphatic imine (C=N–C) groups is 2. The van der Waals surface area contributed by atoms with Crippen LogP contribution in [0, 0.1) is 0 Å². The molecule has 1 aromatic rings. The van der Waals surface area contributed by atoms with Crippen molar-refractivity contribution >= 4 is 48.8 Å². The minimum atomic E-state index is -5.35. The fourth-order valence-electron chi connectivity index (χ4n) is 3.95. The summed E-state index contributed by atoms with van der Waals surface area (Å²) in [5.74, 6) is -2.49. The topological polar surface area (TPSA) is 61.2 Å². The molecule has 0 fully saturated rings. The molecule has 2 aliphatic rings. The molecule has 18 heteroatoms. The van der Waals surface area contributed by atoms with Crippen LogP contribution in [0.1, 0.15) is 45.6 Å². The molecule has 1 unspecified atom stereocenters. The summed E-state index contributed by atoms with van der Waals surface area (Å²) in [7, 11) is -1.98. The van der Waals surface area contributed by atoms with Crippen LogP contribution in [-0.4, -0.2) is 51.5 Å². The summed E-state index contributed by atoms with van der Waals surface area (Å²) < 4.78 is 128. The van der Waals surface area contributed by atoms with Crippen molar-refractivity contribution in [1.29, 1.82) is 0 Å². The summed E-state index contributed by atoms with van der Waals surface area (Å²) in [4.78, 5) is 6.08. The van der Waals surface area contributed by atoms with Gasteiger partial charge in [-0.2, -0.15) is 44.9 Å². The Morgan fingerprint density at radius 3 is 1.98 bits per heavy atom. The molecule has 6 nitrogen and oxygen atoms in total. The Balaban J connectivity index is 1.94. The Labute approximate surface area is 253 Å². The van der Waals surface area contributed by atoms with E-state index in [1.807, 2.05) is 0 Å². The van der Waals surface area contributed by atoms with Crippen LogP contribution in [0.5, 0.6) is 0 Å². The lowest BCUT2D eigenvalue weighted by Gasteiger charge is -2.36. The zero-order chi connectivity index (χ0) is 32.8. The van der Waals surface area contributed by atoms with Gasteiger partial charge in [-0.3, -0.25) is 5.01 Å². The van der Waals surface area contributed by atoms with Crippen LogP contribution in [0.15, 0.2) is 33.5 Å². The van der Waals surface area contributed by atoms with Crippen LogP contribution in [-0.2, 0) is 10.6 Å². The maximum absolute atomic E-state index is 14.0. The van der Waals surface area contributed by atoms with E-state index in [-0.39, 0.29) is 11.6 Å². The number of unbranched alkanes of at least 4 members (excludes halogenated alkanes) is 2. The lowest BCUT2D eigenvalue weighted by atomic mass is 10.1. The van der Waals surface area contributed by atoms with Gasteiger partial charge in [0.1, 0.15) is 12.0 Å². The van der Waals surface area contributed by atoms with Crippen molar-refractivity contribution < 1.29 is 43.9 Å². The van der Waals surface area contributed by atoms with Gasteiger partial charge < -0.3 is 9.74 Å². The molecule has 0 saturated carbocycles. The van der Waals surface area contributed by atoms with Crippen LogP contribution in [0.4, 0.5) is 45.2 Å². The van der Waals surface area contributed by atoms with Crippen molar-refractivity contribution in [3.63, 3.8) is 0 Å². The second-order valence-corrected chi connectivity index (χ2v) is 17.0. The molecule has 242 valence electrons. The van der Waals surface area contributed by atoms with Gasteiger partial charge in [0.2, 0.25) is 5.84 Å². The number of hydrogen-bond acceptors (Lipinski definition) is 6. The highest BCUT2D eigenvalue weighted by Gasteiger charge is 2.52. The van der Waals surface area contributed by atoms with Crippen molar-refractivity contribution in [2.24, 2.45) is 9.98 Å². The molecule has 1 aromatic carbocycles. The van der Waals surface area contributed by atoms with Gasteiger partial charge in [0.25, 0.3) is 0 Å². The summed E-state index contributed by atoms with van der Waals surface area (Å²) >= 11 is 12.2. The number of hydrogen-bond donors (Lipinski definition) is 2. The minimum Gasteiger partial charge on any atom is -0.417 e. The molecule has 0 radical (unpaired) electrons. The number of amidine groups is 1. The number of nitrogens with zero attached hydrogens (tertiary/aromatic N) is 3. The molecule has 1 atom stereocenters. The molecule has 2 aliphatic heterocycles. The highest BCUT2D eigenvalue weighted by Crippen LogP contribution is 2.44. The summed E-state index contributed by atoms with van der Waals surface area (Å²) in [5.41, 5.74) is -1.97. The second-order valence-electron chi connectivity index (χ2n) is 11.4. The zero-order valence-electron chi connectivity index (χ0n) is 23.7. The van der Waals surface area contributed by atoms with Crippen LogP contribution < -0.4 is 15.8 Å². The molecule has 43 heavy (non-hydrogen) atoms. The Hall–Kier alpha value is -2.01. The monoisotopic (exact) mass is 685 g/mol. The molecule has 2 heterocycles. The molecule has 0 amide bonds. The van der Waals surface area contributed by atoms with Crippen molar-refractivity contribution in [2.75, 3.05) is 18.2 Å². The van der Waals surface area contributed by atoms with Gasteiger partial charge in [0.05, 0.1) is 26.9 Å². The van der Waals surface area contributed by atoms with E-state index in [0.717, 1.165) is 5.01 Å². The second kappa shape index (κ2) is 12.4. The lowest BCUT2D eigenvalue weighted by Crippen LogP contribution is -2.43. The van der Waals surface area contributed by atoms with Crippen molar-refractivity contribution in [3.05, 3.63) is 39.1 Å². The molecule has 3 rings (SSSR count). The fourth-order valence-corrected chi connectivity index (χ4v) is 5.70. The third kappa shape index (κ3) is 8.18. The number of nitrogens with one attached hydrogen (secondary N) is 2. The SMILES string of the molecule is CC(C)(C)[Si](C)(C)OCCCCCNC1=C2C(C(F)(F)F)=NC(C(F)(F)F)=NC2NN1c1c(Cl)cc(C(F)(F)F)cc1Cl. The molecule has 2 N–H and O–H groups in total. The number of benzene rings is 1. The highest BCUT2D eigenvalue weighted by atomic mass is 35.5. The third-order valence-electron chi connectivity index (χ3n) is 7.20. The van der Waals surface area contributed by atoms with Gasteiger partial charge in [-0.25, -0.2) is 9.98 Å². The van der Waals surface area contributed by atoms with Crippen LogP contribution >= 0.6 is 23.2 Å². The number of fused-ring (bicyclic) bond motifs is 1. The van der Waals surface area contributed by atoms with Crippen molar-refractivity contribution in [2.45, 2.75) is 82.9 Å². The first-order valence-electron chi connectivity index (χ1n) is 13.0. The van der Waals surface area contributed by atoms with Crippen molar-refractivity contribution in [3.8, 4) is 0 Å². The van der Waals surface area contributed by atoms with Gasteiger partial charge in [-0.1, -0.05) is 44.0 Å². The molecule has 0 aromatic heterocycles. The van der Waals surface area contributed by atoms with Crippen LogP contribution in [0.3, 0.4) is 0 Å². The van der Waals surface area contributed by atoms with E-state index in [4.69, 9.17) is 27.6 Å². The number of halogens is 11. The summed E-state index contributed by atoms with van der Waals surface area (Å²) in [6, 6.07) is 1.00. The normalized spacial score (nSPS) is 18.6. The average molecular weight is 687 g/mol. The van der Waals surface area contributed by atoms with E-state index in [1.54, 1.807) is 0 Å². The number of anilines is 1. The average Bonchev–Trinajstić information content (AvgIpc) is 3.17. The summed E-state index contributed by atoms with van der Waals surface area (Å²) in [5, 5.41) is 2.28. The third-order valence-corrected chi connectivity index (χ3v) is 12.3. The van der Waals surface area contributed by atoms with E-state index in [1.165, 1.54) is 0 Å². The van der Waals surface area contributed by atoms with E-state index >= 15 is 0 Å². The maximum atomic E-state index is 14.0. The molecule has 0 saturated heterocycles. The standard InChI is InChI=1S/C25H30Cl2F9N5OSi/c1-22(2,3)43(4,5)42-10-8-6-7-9-37-20-16-18(24(31,32)33)38-21(25(34,35)36)39-19(16)40-41(20)17-14(26)11-13(12-15(17)27)23(28,29)30/h11-12,19,37,40H,6-10H2,1-5H3. The van der Waals surface area contributed by atoms with Gasteiger partial charge >= 0.3 is 18.5 Å². The largest absolute Gasteiger partial charge is 0.451 e. The first-order valence-corrected chi connectivity index (χ1v) is 16.7. The predicted octanol–water partition coefficient (Wildman–Crippen LogP) is 8.63. The summed E-state index contributed by atoms with van der Waals surface area (Å²) in [6.07, 6.45) is -15.9. The first-order chi connectivity index (χ1) is 19.4. The lowest BCUT2D eigenvalue weighted by molar-refractivity contribution is -0.137. The van der Waals surface area contributed by atoms with E-state index in [2.05, 4.69) is 54.6 Å². The van der Waals surface area contributed by atoms with Gasteiger partial charge in [-0.15, -0.1) is 0 Å². The smallest absolute Gasteiger partial charge is 0.417 e. The molecule has 0 spiro atoms. The maximum Gasteiger partial charge on any atom is 0.451 e. The first kappa shape index (κ1) is 35.5. The van der Waals surface area contributed by atoms with E-state index < -0.39 is 77.2 Å². The predicted molar refractivity (Wildman–Crippen MR) is 150 cm³/mol. The van der Waals surface area contributed by atoms with Crippen LogP contribution in [0.25, 0.3) is 0 Å². The van der Waals surface area contributed by atoms with Gasteiger partial charge in [-0.05, 0) is 49.5 Å².